The lowest BCUT2D eigenvalue weighted by atomic mass is 9.80. The second-order valence-corrected chi connectivity index (χ2v) is 6.13. The summed E-state index contributed by atoms with van der Waals surface area (Å²) < 4.78 is 5.36. The Balaban J connectivity index is 1.65. The van der Waals surface area contributed by atoms with E-state index in [-0.39, 0.29) is 25.1 Å². The van der Waals surface area contributed by atoms with Crippen LogP contribution in [0.4, 0.5) is 4.79 Å². The van der Waals surface area contributed by atoms with Crippen LogP contribution < -0.4 is 5.11 Å². The molecule has 3 rings (SSSR count). The van der Waals surface area contributed by atoms with Gasteiger partial charge in [0.1, 0.15) is 6.61 Å². The molecule has 3 unspecified atom stereocenters. The second kappa shape index (κ2) is 6.38. The Morgan fingerprint density at radius 1 is 1.18 bits per heavy atom. The number of aliphatic carboxylic acids is 1. The molecule has 2 fully saturated rings. The molecule has 0 aromatic heterocycles. The van der Waals surface area contributed by atoms with E-state index < -0.39 is 18.0 Å². The second-order valence-electron chi connectivity index (χ2n) is 6.13. The summed E-state index contributed by atoms with van der Waals surface area (Å²) in [6, 6.07) is 9.46. The summed E-state index contributed by atoms with van der Waals surface area (Å²) in [5, 5.41) is 11.3. The van der Waals surface area contributed by atoms with Gasteiger partial charge in [0, 0.05) is 24.5 Å². The molecule has 1 amide bonds. The van der Waals surface area contributed by atoms with Crippen LogP contribution in [0.1, 0.15) is 31.2 Å². The van der Waals surface area contributed by atoms with Crippen LogP contribution in [0.25, 0.3) is 0 Å². The number of hydrogen-bond acceptors (Lipinski definition) is 4. The molecular weight excluding hydrogens is 282 g/mol. The maximum absolute atomic E-state index is 12.3. The van der Waals surface area contributed by atoms with Crippen molar-refractivity contribution < 1.29 is 19.4 Å². The average molecular weight is 302 g/mol. The summed E-state index contributed by atoms with van der Waals surface area (Å²) in [4.78, 5) is 25.3. The Morgan fingerprint density at radius 2 is 1.91 bits per heavy atom. The zero-order chi connectivity index (χ0) is 15.5. The molecule has 3 atom stereocenters. The van der Waals surface area contributed by atoms with Gasteiger partial charge in [-0.1, -0.05) is 43.2 Å². The number of nitrogens with zero attached hydrogens (tertiary/aromatic N) is 1. The van der Waals surface area contributed by atoms with Gasteiger partial charge in [-0.2, -0.15) is 0 Å². The molecule has 0 N–H and O–H groups in total. The topological polar surface area (TPSA) is 69.7 Å². The number of fused-ring (bicyclic) bond motifs is 1. The highest BCUT2D eigenvalue weighted by Crippen LogP contribution is 2.40. The first-order valence-electron chi connectivity index (χ1n) is 7.85. The minimum absolute atomic E-state index is 0.0140. The maximum Gasteiger partial charge on any atom is 0.410 e. The highest BCUT2D eigenvalue weighted by Gasteiger charge is 2.45. The van der Waals surface area contributed by atoms with Crippen molar-refractivity contribution in [1.82, 2.24) is 4.90 Å². The van der Waals surface area contributed by atoms with E-state index in [0.29, 0.717) is 0 Å². The van der Waals surface area contributed by atoms with Gasteiger partial charge in [-0.15, -0.1) is 0 Å². The molecule has 1 aromatic rings. The molecule has 5 heteroatoms. The number of ether oxygens (including phenoxy) is 1. The minimum Gasteiger partial charge on any atom is -0.550 e. The van der Waals surface area contributed by atoms with E-state index in [2.05, 4.69) is 0 Å². The smallest absolute Gasteiger partial charge is 0.410 e. The van der Waals surface area contributed by atoms with Gasteiger partial charge in [-0.25, -0.2) is 4.79 Å². The SMILES string of the molecule is O=C([O-])C1CN(C(=O)OCc2ccccc2)C2CCCCC12. The number of hydrogen-bond donors (Lipinski definition) is 0. The van der Waals surface area contributed by atoms with Crippen LogP contribution >= 0.6 is 0 Å². The van der Waals surface area contributed by atoms with E-state index in [9.17, 15) is 14.7 Å². The zero-order valence-electron chi connectivity index (χ0n) is 12.4. The molecule has 0 spiro atoms. The van der Waals surface area contributed by atoms with Crippen molar-refractivity contribution in [3.63, 3.8) is 0 Å². The highest BCUT2D eigenvalue weighted by molar-refractivity contribution is 5.74. The number of carboxylic acids is 1. The lowest BCUT2D eigenvalue weighted by Gasteiger charge is -2.32. The van der Waals surface area contributed by atoms with Crippen LogP contribution in [-0.2, 0) is 16.1 Å². The van der Waals surface area contributed by atoms with Crippen LogP contribution in [0, 0.1) is 11.8 Å². The molecule has 1 saturated heterocycles. The predicted molar refractivity (Wildman–Crippen MR) is 77.6 cm³/mol. The van der Waals surface area contributed by atoms with Crippen molar-refractivity contribution >= 4 is 12.1 Å². The summed E-state index contributed by atoms with van der Waals surface area (Å²) in [5.74, 6) is -1.59. The van der Waals surface area contributed by atoms with Gasteiger partial charge in [0.25, 0.3) is 0 Å². The Hall–Kier alpha value is -2.04. The van der Waals surface area contributed by atoms with Crippen LogP contribution in [0.2, 0.25) is 0 Å². The lowest BCUT2D eigenvalue weighted by molar-refractivity contribution is -0.312. The fourth-order valence-electron chi connectivity index (χ4n) is 3.74. The molecule has 1 aliphatic carbocycles. The van der Waals surface area contributed by atoms with Crippen molar-refractivity contribution in [2.45, 2.75) is 38.3 Å². The van der Waals surface area contributed by atoms with Gasteiger partial charge in [0.2, 0.25) is 0 Å². The normalized spacial score (nSPS) is 27.3. The molecule has 5 nitrogen and oxygen atoms in total. The monoisotopic (exact) mass is 302 g/mol. The highest BCUT2D eigenvalue weighted by atomic mass is 16.6. The molecule has 118 valence electrons. The molecule has 1 aromatic carbocycles. The first-order chi connectivity index (χ1) is 10.7. The third-order valence-corrected chi connectivity index (χ3v) is 4.83. The zero-order valence-corrected chi connectivity index (χ0v) is 12.4. The van der Waals surface area contributed by atoms with Crippen LogP contribution in [0.15, 0.2) is 30.3 Å². The van der Waals surface area contributed by atoms with Crippen molar-refractivity contribution in [3.05, 3.63) is 35.9 Å². The molecule has 1 saturated carbocycles. The van der Waals surface area contributed by atoms with E-state index in [0.717, 1.165) is 31.2 Å². The number of likely N-dealkylation sites (tertiary alicyclic amines) is 1. The van der Waals surface area contributed by atoms with Crippen molar-refractivity contribution in [3.8, 4) is 0 Å². The van der Waals surface area contributed by atoms with E-state index in [1.807, 2.05) is 30.3 Å². The van der Waals surface area contributed by atoms with Crippen molar-refractivity contribution in [1.29, 1.82) is 0 Å². The Morgan fingerprint density at radius 3 is 2.64 bits per heavy atom. The van der Waals surface area contributed by atoms with E-state index in [1.54, 1.807) is 4.90 Å². The first kappa shape index (κ1) is 14.9. The largest absolute Gasteiger partial charge is 0.550 e. The van der Waals surface area contributed by atoms with E-state index in [4.69, 9.17) is 4.74 Å². The third kappa shape index (κ3) is 2.93. The summed E-state index contributed by atoms with van der Waals surface area (Å²) >= 11 is 0. The average Bonchev–Trinajstić information content (AvgIpc) is 2.93. The van der Waals surface area contributed by atoms with Gasteiger partial charge >= 0.3 is 6.09 Å². The number of benzene rings is 1. The molecular formula is C17H20NO4-. The standard InChI is InChI=1S/C17H21NO4/c19-16(20)14-10-18(15-9-5-4-8-13(14)15)17(21)22-11-12-6-2-1-3-7-12/h1-3,6-7,13-15H,4-5,8-11H2,(H,19,20)/p-1. The number of carbonyl (C=O) groups excluding carboxylic acids is 2. The predicted octanol–water partition coefficient (Wildman–Crippen LogP) is 1.56. The van der Waals surface area contributed by atoms with Gasteiger partial charge < -0.3 is 19.5 Å². The fourth-order valence-corrected chi connectivity index (χ4v) is 3.74. The molecule has 1 heterocycles. The van der Waals surface area contributed by atoms with Gasteiger partial charge in [-0.3, -0.25) is 0 Å². The minimum atomic E-state index is -1.05. The number of rotatable bonds is 3. The summed E-state index contributed by atoms with van der Waals surface area (Å²) in [5.41, 5.74) is 0.923. The van der Waals surface area contributed by atoms with Gasteiger partial charge in [0.15, 0.2) is 0 Å². The summed E-state index contributed by atoms with van der Waals surface area (Å²) in [6.07, 6.45) is 3.35. The summed E-state index contributed by atoms with van der Waals surface area (Å²) in [6.45, 7) is 0.425. The molecule has 0 radical (unpaired) electrons. The maximum atomic E-state index is 12.3. The lowest BCUT2D eigenvalue weighted by Crippen LogP contribution is -2.39. The van der Waals surface area contributed by atoms with Gasteiger partial charge in [-0.05, 0) is 24.3 Å². The van der Waals surface area contributed by atoms with Crippen molar-refractivity contribution in [2.24, 2.45) is 11.8 Å². The van der Waals surface area contributed by atoms with Crippen molar-refractivity contribution in [2.75, 3.05) is 6.54 Å². The van der Waals surface area contributed by atoms with E-state index >= 15 is 0 Å². The number of carboxylic acid groups (broad SMARTS) is 1. The molecule has 22 heavy (non-hydrogen) atoms. The van der Waals surface area contributed by atoms with E-state index in [1.165, 1.54) is 0 Å². The Bertz CT molecular complexity index is 545. The van der Waals surface area contributed by atoms with Crippen LogP contribution in [0.5, 0.6) is 0 Å². The first-order valence-corrected chi connectivity index (χ1v) is 7.85. The van der Waals surface area contributed by atoms with Crippen LogP contribution in [-0.4, -0.2) is 29.5 Å². The Labute approximate surface area is 129 Å². The van der Waals surface area contributed by atoms with Crippen LogP contribution in [0.3, 0.4) is 0 Å². The van der Waals surface area contributed by atoms with Gasteiger partial charge in [0.05, 0.1) is 0 Å². The quantitative estimate of drug-likeness (QED) is 0.849. The third-order valence-electron chi connectivity index (χ3n) is 4.83. The summed E-state index contributed by atoms with van der Waals surface area (Å²) in [7, 11) is 0. The molecule has 1 aliphatic heterocycles. The molecule has 2 aliphatic rings. The number of amides is 1. The molecule has 0 bridgehead atoms. The Kier molecular flexibility index (Phi) is 4.32. The fraction of sp³-hybridized carbons (Fsp3) is 0.529. The number of carbonyl (C=O) groups is 2.